The summed E-state index contributed by atoms with van der Waals surface area (Å²) < 4.78 is 0. The summed E-state index contributed by atoms with van der Waals surface area (Å²) >= 11 is 0. The molecule has 0 aliphatic rings. The molecule has 0 amide bonds. The molecule has 0 unspecified atom stereocenters. The standard InChI is InChI=1S/C7H16O2.2C4H6O2/c1-6(2)7(3,4-8)5-9;2*1-3(2)4(5)6/h6,8-9H,4-5H2,1-3H3;2*1H2,2H3,(H,5,6). The highest BCUT2D eigenvalue weighted by molar-refractivity contribution is 5.85. The average molecular weight is 304 g/mol. The lowest BCUT2D eigenvalue weighted by Gasteiger charge is -2.28. The molecule has 124 valence electrons. The van der Waals surface area contributed by atoms with Crippen molar-refractivity contribution in [3.05, 3.63) is 24.3 Å². The van der Waals surface area contributed by atoms with E-state index in [1.165, 1.54) is 13.8 Å². The van der Waals surface area contributed by atoms with Gasteiger partial charge in [-0.05, 0) is 19.8 Å². The van der Waals surface area contributed by atoms with E-state index in [2.05, 4.69) is 13.2 Å². The number of hydrogen-bond donors (Lipinski definition) is 4. The third kappa shape index (κ3) is 14.6. The fourth-order valence-corrected chi connectivity index (χ4v) is 0.415. The molecule has 0 aromatic rings. The Hall–Kier alpha value is -1.66. The molecule has 6 nitrogen and oxygen atoms in total. The summed E-state index contributed by atoms with van der Waals surface area (Å²) in [5.74, 6) is -1.54. The van der Waals surface area contributed by atoms with Crippen LogP contribution in [0.15, 0.2) is 24.3 Å². The van der Waals surface area contributed by atoms with Gasteiger partial charge in [0.15, 0.2) is 0 Å². The van der Waals surface area contributed by atoms with Crippen molar-refractivity contribution in [2.45, 2.75) is 34.6 Å². The van der Waals surface area contributed by atoms with Crippen LogP contribution in [0.1, 0.15) is 34.6 Å². The summed E-state index contributed by atoms with van der Waals surface area (Å²) in [4.78, 5) is 19.2. The maximum absolute atomic E-state index is 9.60. The summed E-state index contributed by atoms with van der Waals surface area (Å²) in [6, 6.07) is 0. The van der Waals surface area contributed by atoms with Crippen LogP contribution < -0.4 is 0 Å². The highest BCUT2D eigenvalue weighted by atomic mass is 16.4. The Kier molecular flexibility index (Phi) is 14.0. The van der Waals surface area contributed by atoms with Gasteiger partial charge >= 0.3 is 11.9 Å². The fraction of sp³-hybridized carbons (Fsp3) is 0.600. The van der Waals surface area contributed by atoms with Gasteiger partial charge in [-0.15, -0.1) is 0 Å². The molecule has 0 heterocycles. The van der Waals surface area contributed by atoms with E-state index in [4.69, 9.17) is 20.4 Å². The van der Waals surface area contributed by atoms with Crippen molar-refractivity contribution in [3.8, 4) is 0 Å². The van der Waals surface area contributed by atoms with Gasteiger partial charge in [-0.1, -0.05) is 33.9 Å². The van der Waals surface area contributed by atoms with Crippen LogP contribution in [0.25, 0.3) is 0 Å². The topological polar surface area (TPSA) is 115 Å². The number of aliphatic hydroxyl groups is 2. The van der Waals surface area contributed by atoms with Crippen molar-refractivity contribution in [2.24, 2.45) is 11.3 Å². The molecule has 0 saturated heterocycles. The third-order valence-corrected chi connectivity index (χ3v) is 2.85. The molecule has 0 aromatic heterocycles. The zero-order valence-corrected chi connectivity index (χ0v) is 13.5. The van der Waals surface area contributed by atoms with Crippen molar-refractivity contribution < 1.29 is 30.0 Å². The fourth-order valence-electron chi connectivity index (χ4n) is 0.415. The molecule has 0 spiro atoms. The molecule has 0 saturated carbocycles. The zero-order chi connectivity index (χ0) is 17.8. The molecule has 0 atom stereocenters. The number of rotatable bonds is 5. The van der Waals surface area contributed by atoms with Crippen molar-refractivity contribution >= 4 is 11.9 Å². The molecule has 6 heteroatoms. The predicted molar refractivity (Wildman–Crippen MR) is 82.0 cm³/mol. The number of aliphatic hydroxyl groups excluding tert-OH is 2. The molecule has 4 N–H and O–H groups in total. The van der Waals surface area contributed by atoms with Gasteiger partial charge in [0.05, 0.1) is 13.2 Å². The quantitative estimate of drug-likeness (QED) is 0.577. The Balaban J connectivity index is -0.000000240. The molecule has 0 rings (SSSR count). The van der Waals surface area contributed by atoms with Gasteiger partial charge in [0.25, 0.3) is 0 Å². The average Bonchev–Trinajstić information content (AvgIpc) is 2.38. The molecule has 0 radical (unpaired) electrons. The summed E-state index contributed by atoms with van der Waals surface area (Å²) in [5.41, 5.74) is 0.0463. The lowest BCUT2D eigenvalue weighted by Crippen LogP contribution is -2.31. The second-order valence-corrected chi connectivity index (χ2v) is 5.30. The van der Waals surface area contributed by atoms with Gasteiger partial charge in [0, 0.05) is 16.6 Å². The SMILES string of the molecule is C=C(C)C(=O)O.C=C(C)C(=O)O.CC(C)C(C)(CO)CO. The number of carboxylic acids is 2. The van der Waals surface area contributed by atoms with E-state index in [9.17, 15) is 9.59 Å². The first kappa shape index (κ1) is 24.4. The van der Waals surface area contributed by atoms with E-state index >= 15 is 0 Å². The first-order chi connectivity index (χ1) is 9.35. The lowest BCUT2D eigenvalue weighted by molar-refractivity contribution is -0.133. The van der Waals surface area contributed by atoms with E-state index in [1.54, 1.807) is 0 Å². The first-order valence-corrected chi connectivity index (χ1v) is 6.35. The van der Waals surface area contributed by atoms with Crippen LogP contribution in [-0.4, -0.2) is 45.6 Å². The molecule has 0 bridgehead atoms. The van der Waals surface area contributed by atoms with Gasteiger partial charge in [-0.3, -0.25) is 0 Å². The Labute approximate surface area is 126 Å². The first-order valence-electron chi connectivity index (χ1n) is 6.35. The number of carbonyl (C=O) groups is 2. The predicted octanol–water partition coefficient (Wildman–Crippen LogP) is 1.93. The van der Waals surface area contributed by atoms with Gasteiger partial charge < -0.3 is 20.4 Å². The van der Waals surface area contributed by atoms with E-state index in [0.717, 1.165) is 0 Å². The zero-order valence-electron chi connectivity index (χ0n) is 13.5. The van der Waals surface area contributed by atoms with Gasteiger partial charge in [-0.2, -0.15) is 0 Å². The largest absolute Gasteiger partial charge is 0.478 e. The third-order valence-electron chi connectivity index (χ3n) is 2.85. The van der Waals surface area contributed by atoms with E-state index in [1.807, 2.05) is 20.8 Å². The maximum Gasteiger partial charge on any atom is 0.330 e. The monoisotopic (exact) mass is 304 g/mol. The molecule has 21 heavy (non-hydrogen) atoms. The molecular weight excluding hydrogens is 276 g/mol. The van der Waals surface area contributed by atoms with E-state index in [0.29, 0.717) is 5.92 Å². The smallest absolute Gasteiger partial charge is 0.330 e. The second-order valence-electron chi connectivity index (χ2n) is 5.30. The Morgan fingerprint density at radius 1 is 0.952 bits per heavy atom. The highest BCUT2D eigenvalue weighted by Crippen LogP contribution is 2.24. The number of hydrogen-bond acceptors (Lipinski definition) is 4. The van der Waals surface area contributed by atoms with Crippen LogP contribution in [0.3, 0.4) is 0 Å². The number of aliphatic carboxylic acids is 2. The summed E-state index contributed by atoms with van der Waals surface area (Å²) in [6.45, 7) is 15.2. The number of carboxylic acid groups (broad SMARTS) is 2. The summed E-state index contributed by atoms with van der Waals surface area (Å²) in [6.07, 6.45) is 0. The van der Waals surface area contributed by atoms with Crippen LogP contribution in [0, 0.1) is 11.3 Å². The Morgan fingerprint density at radius 2 is 1.14 bits per heavy atom. The van der Waals surface area contributed by atoms with Crippen molar-refractivity contribution in [1.82, 2.24) is 0 Å². The lowest BCUT2D eigenvalue weighted by atomic mass is 9.81. The Morgan fingerprint density at radius 3 is 1.14 bits per heavy atom. The molecule has 0 aliphatic carbocycles. The van der Waals surface area contributed by atoms with Crippen LogP contribution in [-0.2, 0) is 9.59 Å². The second kappa shape index (κ2) is 12.1. The van der Waals surface area contributed by atoms with Crippen LogP contribution in [0.2, 0.25) is 0 Å². The molecular formula is C15H28O6. The van der Waals surface area contributed by atoms with Crippen molar-refractivity contribution in [1.29, 1.82) is 0 Å². The van der Waals surface area contributed by atoms with Crippen LogP contribution in [0.4, 0.5) is 0 Å². The summed E-state index contributed by atoms with van der Waals surface area (Å²) in [7, 11) is 0. The normalized spacial score (nSPS) is 9.71. The molecule has 0 aliphatic heterocycles. The Bertz CT molecular complexity index is 305. The maximum atomic E-state index is 9.60. The van der Waals surface area contributed by atoms with Gasteiger partial charge in [-0.25, -0.2) is 9.59 Å². The van der Waals surface area contributed by atoms with Crippen LogP contribution in [0.5, 0.6) is 0 Å². The molecule has 0 aromatic carbocycles. The minimum atomic E-state index is -0.935. The van der Waals surface area contributed by atoms with Crippen LogP contribution >= 0.6 is 0 Å². The van der Waals surface area contributed by atoms with Crippen molar-refractivity contribution in [2.75, 3.05) is 13.2 Å². The minimum absolute atomic E-state index is 0.0567. The van der Waals surface area contributed by atoms with E-state index < -0.39 is 11.9 Å². The van der Waals surface area contributed by atoms with Crippen molar-refractivity contribution in [3.63, 3.8) is 0 Å². The summed E-state index contributed by atoms with van der Waals surface area (Å²) in [5, 5.41) is 33.4. The van der Waals surface area contributed by atoms with Gasteiger partial charge in [0.2, 0.25) is 0 Å². The van der Waals surface area contributed by atoms with E-state index in [-0.39, 0.29) is 29.8 Å². The minimum Gasteiger partial charge on any atom is -0.478 e. The van der Waals surface area contributed by atoms with Gasteiger partial charge in [0.1, 0.15) is 0 Å². The highest BCUT2D eigenvalue weighted by Gasteiger charge is 2.25. The molecule has 0 fully saturated rings.